The highest BCUT2D eigenvalue weighted by molar-refractivity contribution is 6.05. The molecule has 0 saturated carbocycles. The van der Waals surface area contributed by atoms with Crippen molar-refractivity contribution in [2.75, 3.05) is 43.6 Å². The number of hydrogen-bond acceptors (Lipinski definition) is 6. The Balaban J connectivity index is 1.41. The van der Waals surface area contributed by atoms with Gasteiger partial charge in [-0.1, -0.05) is 18.2 Å². The summed E-state index contributed by atoms with van der Waals surface area (Å²) in [5.74, 6) is -1.21. The normalized spacial score (nSPS) is 13.9. The SMILES string of the molecule is COC(=O)c1n[nH]c2cc(-c3cccc(NC(=O)c4cc(N5CCOCC5)cc(C(F)(F)F)c4)c3)ccc12. The van der Waals surface area contributed by atoms with Crippen molar-refractivity contribution in [3.8, 4) is 11.1 Å². The Kier molecular flexibility index (Phi) is 6.77. The van der Waals surface area contributed by atoms with Crippen LogP contribution in [0.1, 0.15) is 26.4 Å². The van der Waals surface area contributed by atoms with Gasteiger partial charge in [-0.25, -0.2) is 4.79 Å². The van der Waals surface area contributed by atoms with E-state index >= 15 is 0 Å². The molecule has 196 valence electrons. The summed E-state index contributed by atoms with van der Waals surface area (Å²) < 4.78 is 50.9. The van der Waals surface area contributed by atoms with Crippen LogP contribution in [-0.2, 0) is 15.7 Å². The molecule has 0 spiro atoms. The summed E-state index contributed by atoms with van der Waals surface area (Å²) in [7, 11) is 1.28. The summed E-state index contributed by atoms with van der Waals surface area (Å²) in [6.07, 6.45) is -4.60. The zero-order chi connectivity index (χ0) is 26.9. The van der Waals surface area contributed by atoms with Crippen molar-refractivity contribution in [2.45, 2.75) is 6.18 Å². The molecule has 1 fully saturated rings. The third kappa shape index (κ3) is 5.18. The molecule has 11 heteroatoms. The molecule has 0 unspecified atom stereocenters. The minimum atomic E-state index is -4.60. The quantitative estimate of drug-likeness (QED) is 0.352. The van der Waals surface area contributed by atoms with Crippen molar-refractivity contribution in [3.05, 3.63) is 77.5 Å². The summed E-state index contributed by atoms with van der Waals surface area (Å²) in [4.78, 5) is 26.7. The third-order valence-corrected chi connectivity index (χ3v) is 6.28. The predicted molar refractivity (Wildman–Crippen MR) is 135 cm³/mol. The molecule has 5 rings (SSSR count). The second kappa shape index (κ2) is 10.2. The molecule has 1 saturated heterocycles. The van der Waals surface area contributed by atoms with Crippen LogP contribution in [0.25, 0.3) is 22.0 Å². The fourth-order valence-corrected chi connectivity index (χ4v) is 4.34. The lowest BCUT2D eigenvalue weighted by atomic mass is 10.0. The van der Waals surface area contributed by atoms with Gasteiger partial charge < -0.3 is 19.7 Å². The first-order valence-corrected chi connectivity index (χ1v) is 11.8. The van der Waals surface area contributed by atoms with E-state index in [1.807, 2.05) is 6.07 Å². The van der Waals surface area contributed by atoms with Crippen molar-refractivity contribution in [1.82, 2.24) is 10.2 Å². The average Bonchev–Trinajstić information content (AvgIpc) is 3.36. The van der Waals surface area contributed by atoms with Gasteiger partial charge in [-0.15, -0.1) is 0 Å². The standard InChI is InChI=1S/C27H23F3N4O4/c1-37-26(36)24-22-6-5-17(14-23(22)32-33-24)16-3-2-4-20(12-16)31-25(35)18-11-19(27(28,29)30)15-21(13-18)34-7-9-38-10-8-34/h2-6,11-15H,7-10H2,1H3,(H,31,35)(H,32,33). The molecule has 0 atom stereocenters. The number of benzene rings is 3. The number of aromatic amines is 1. The minimum absolute atomic E-state index is 0.0964. The van der Waals surface area contributed by atoms with Crippen LogP contribution in [0.3, 0.4) is 0 Å². The molecule has 4 aromatic rings. The summed E-state index contributed by atoms with van der Waals surface area (Å²) in [5, 5.41) is 10.1. The first-order chi connectivity index (χ1) is 18.2. The van der Waals surface area contributed by atoms with E-state index in [0.717, 1.165) is 23.3 Å². The zero-order valence-corrected chi connectivity index (χ0v) is 20.3. The number of esters is 1. The van der Waals surface area contributed by atoms with Crippen LogP contribution in [0, 0.1) is 0 Å². The number of methoxy groups -OCH3 is 1. The van der Waals surface area contributed by atoms with Gasteiger partial charge in [0.25, 0.3) is 5.91 Å². The number of nitrogens with one attached hydrogen (secondary N) is 2. The first-order valence-electron chi connectivity index (χ1n) is 11.8. The van der Waals surface area contributed by atoms with E-state index in [1.54, 1.807) is 41.3 Å². The molecule has 2 heterocycles. The molecule has 1 aromatic heterocycles. The Morgan fingerprint density at radius 2 is 1.79 bits per heavy atom. The highest BCUT2D eigenvalue weighted by Crippen LogP contribution is 2.34. The van der Waals surface area contributed by atoms with Gasteiger partial charge >= 0.3 is 12.1 Å². The lowest BCUT2D eigenvalue weighted by Gasteiger charge is -2.29. The van der Waals surface area contributed by atoms with Gasteiger partial charge in [0.1, 0.15) is 0 Å². The Labute approximate surface area is 215 Å². The Morgan fingerprint density at radius 1 is 1.03 bits per heavy atom. The van der Waals surface area contributed by atoms with Crippen molar-refractivity contribution < 1.29 is 32.2 Å². The number of fused-ring (bicyclic) bond motifs is 1. The Bertz CT molecular complexity index is 1510. The maximum Gasteiger partial charge on any atom is 0.416 e. The molecule has 0 bridgehead atoms. The molecule has 1 aliphatic rings. The monoisotopic (exact) mass is 524 g/mol. The summed E-state index contributed by atoms with van der Waals surface area (Å²) >= 11 is 0. The number of alkyl halides is 3. The van der Waals surface area contributed by atoms with E-state index in [1.165, 1.54) is 13.2 Å². The van der Waals surface area contributed by atoms with Crippen LogP contribution in [0.2, 0.25) is 0 Å². The number of ether oxygens (including phenoxy) is 2. The summed E-state index contributed by atoms with van der Waals surface area (Å²) in [6, 6.07) is 15.6. The number of morpholine rings is 1. The predicted octanol–water partition coefficient (Wildman–Crippen LogP) is 5.12. The molecule has 1 aliphatic heterocycles. The lowest BCUT2D eigenvalue weighted by Crippen LogP contribution is -2.36. The zero-order valence-electron chi connectivity index (χ0n) is 20.3. The number of rotatable bonds is 5. The van der Waals surface area contributed by atoms with Crippen molar-refractivity contribution in [1.29, 1.82) is 0 Å². The first kappa shape index (κ1) is 25.3. The number of nitrogens with zero attached hydrogens (tertiary/aromatic N) is 2. The fourth-order valence-electron chi connectivity index (χ4n) is 4.34. The number of carbonyl (C=O) groups is 2. The van der Waals surface area contributed by atoms with E-state index in [2.05, 4.69) is 15.5 Å². The topological polar surface area (TPSA) is 96.5 Å². The Morgan fingerprint density at radius 3 is 2.53 bits per heavy atom. The molecule has 38 heavy (non-hydrogen) atoms. The summed E-state index contributed by atoms with van der Waals surface area (Å²) in [5.41, 5.74) is 2.07. The van der Waals surface area contributed by atoms with Gasteiger partial charge in [-0.05, 0) is 53.6 Å². The van der Waals surface area contributed by atoms with Crippen molar-refractivity contribution >= 4 is 34.2 Å². The molecule has 1 amide bonds. The van der Waals surface area contributed by atoms with Gasteiger partial charge in [-0.2, -0.15) is 18.3 Å². The molecular weight excluding hydrogens is 501 g/mol. The van der Waals surface area contributed by atoms with Crippen LogP contribution in [0.15, 0.2) is 60.7 Å². The maximum absolute atomic E-state index is 13.6. The fraction of sp³-hybridized carbons (Fsp3) is 0.222. The van der Waals surface area contributed by atoms with E-state index in [-0.39, 0.29) is 11.3 Å². The maximum atomic E-state index is 13.6. The van der Waals surface area contributed by atoms with Gasteiger partial charge in [0.15, 0.2) is 5.69 Å². The lowest BCUT2D eigenvalue weighted by molar-refractivity contribution is -0.137. The highest BCUT2D eigenvalue weighted by atomic mass is 19.4. The molecule has 3 aromatic carbocycles. The smallest absolute Gasteiger partial charge is 0.416 e. The second-order valence-corrected chi connectivity index (χ2v) is 8.72. The second-order valence-electron chi connectivity index (χ2n) is 8.72. The van der Waals surface area contributed by atoms with Gasteiger partial charge in [0.05, 0.1) is 31.4 Å². The van der Waals surface area contributed by atoms with E-state index in [9.17, 15) is 22.8 Å². The number of aromatic nitrogens is 2. The number of carbonyl (C=O) groups excluding carboxylic acids is 2. The highest BCUT2D eigenvalue weighted by Gasteiger charge is 2.32. The number of H-pyrrole nitrogens is 1. The molecule has 2 N–H and O–H groups in total. The number of anilines is 2. The molecule has 8 nitrogen and oxygen atoms in total. The van der Waals surface area contributed by atoms with Gasteiger partial charge in [0.2, 0.25) is 0 Å². The Hall–Kier alpha value is -4.38. The van der Waals surface area contributed by atoms with Crippen LogP contribution in [0.4, 0.5) is 24.5 Å². The molecule has 0 aliphatic carbocycles. The average molecular weight is 524 g/mol. The number of hydrogen-bond donors (Lipinski definition) is 2. The van der Waals surface area contributed by atoms with Crippen LogP contribution < -0.4 is 10.2 Å². The van der Waals surface area contributed by atoms with Crippen molar-refractivity contribution in [3.63, 3.8) is 0 Å². The number of amides is 1. The van der Waals surface area contributed by atoms with E-state index in [4.69, 9.17) is 9.47 Å². The van der Waals surface area contributed by atoms with Crippen LogP contribution in [-0.4, -0.2) is 55.5 Å². The van der Waals surface area contributed by atoms with Crippen LogP contribution in [0.5, 0.6) is 0 Å². The van der Waals surface area contributed by atoms with Crippen molar-refractivity contribution in [2.24, 2.45) is 0 Å². The molecular formula is C27H23F3N4O4. The molecule has 0 radical (unpaired) electrons. The van der Waals surface area contributed by atoms with E-state index in [0.29, 0.717) is 48.6 Å². The van der Waals surface area contributed by atoms with E-state index < -0.39 is 23.6 Å². The van der Waals surface area contributed by atoms with Crippen LogP contribution >= 0.6 is 0 Å². The minimum Gasteiger partial charge on any atom is -0.464 e. The van der Waals surface area contributed by atoms with Gasteiger partial charge in [-0.3, -0.25) is 9.89 Å². The van der Waals surface area contributed by atoms with Gasteiger partial charge in [0, 0.05) is 35.4 Å². The third-order valence-electron chi connectivity index (χ3n) is 6.28. The summed E-state index contributed by atoms with van der Waals surface area (Å²) in [6.45, 7) is 1.68. The largest absolute Gasteiger partial charge is 0.464 e. The number of halogens is 3.